The van der Waals surface area contributed by atoms with Crippen LogP contribution in [0.25, 0.3) is 0 Å². The summed E-state index contributed by atoms with van der Waals surface area (Å²) in [5.74, 6) is -0.413. The molecule has 2 rings (SSSR count). The van der Waals surface area contributed by atoms with Crippen molar-refractivity contribution in [3.8, 4) is 11.5 Å². The number of nitrogen functional groups attached to an aromatic ring is 1. The standard InChI is InChI=1S/C20H23FN2O5/c1-26-17-12-16(22)15(20(25)27-2)11-18(17)28-8-4-7-23-19(24)10-13-5-3-6-14(21)9-13/h3,5-6,9,11-12H,4,7-8,10,22H2,1-2H3,(H,23,24). The summed E-state index contributed by atoms with van der Waals surface area (Å²) in [7, 11) is 2.73. The third-order valence-electron chi connectivity index (χ3n) is 3.90. The molecule has 0 aliphatic heterocycles. The second kappa shape index (κ2) is 10.1. The topological polar surface area (TPSA) is 99.9 Å². The number of esters is 1. The van der Waals surface area contributed by atoms with Crippen molar-refractivity contribution in [1.82, 2.24) is 5.32 Å². The largest absolute Gasteiger partial charge is 0.493 e. The van der Waals surface area contributed by atoms with Crippen LogP contribution in [0, 0.1) is 5.82 Å². The zero-order valence-corrected chi connectivity index (χ0v) is 15.8. The van der Waals surface area contributed by atoms with Crippen LogP contribution in [-0.4, -0.2) is 39.2 Å². The average Bonchev–Trinajstić information content (AvgIpc) is 2.67. The second-order valence-corrected chi connectivity index (χ2v) is 5.94. The molecule has 0 atom stereocenters. The van der Waals surface area contributed by atoms with Crippen LogP contribution in [-0.2, 0) is 16.0 Å². The molecular formula is C20H23FN2O5. The first-order valence-electron chi connectivity index (χ1n) is 8.64. The number of nitrogens with one attached hydrogen (secondary N) is 1. The second-order valence-electron chi connectivity index (χ2n) is 5.94. The van der Waals surface area contributed by atoms with Crippen LogP contribution < -0.4 is 20.5 Å². The van der Waals surface area contributed by atoms with E-state index in [-0.39, 0.29) is 36.0 Å². The van der Waals surface area contributed by atoms with Crippen molar-refractivity contribution >= 4 is 17.6 Å². The maximum atomic E-state index is 13.1. The molecule has 0 unspecified atom stereocenters. The highest BCUT2D eigenvalue weighted by atomic mass is 19.1. The zero-order chi connectivity index (χ0) is 20.5. The summed E-state index contributed by atoms with van der Waals surface area (Å²) in [6.07, 6.45) is 0.628. The summed E-state index contributed by atoms with van der Waals surface area (Å²) in [5, 5.41) is 2.75. The molecule has 0 aromatic heterocycles. The average molecular weight is 390 g/mol. The molecule has 28 heavy (non-hydrogen) atoms. The Bertz CT molecular complexity index is 841. The number of hydrogen-bond acceptors (Lipinski definition) is 6. The first kappa shape index (κ1) is 21.0. The Morgan fingerprint density at radius 2 is 1.93 bits per heavy atom. The Hall–Kier alpha value is -3.29. The third-order valence-corrected chi connectivity index (χ3v) is 3.90. The van der Waals surface area contributed by atoms with Crippen LogP contribution in [0.15, 0.2) is 36.4 Å². The fourth-order valence-corrected chi connectivity index (χ4v) is 2.51. The van der Waals surface area contributed by atoms with E-state index in [9.17, 15) is 14.0 Å². The molecule has 8 heteroatoms. The molecule has 0 bridgehead atoms. The Morgan fingerprint density at radius 3 is 2.61 bits per heavy atom. The SMILES string of the molecule is COC(=O)c1cc(OCCCNC(=O)Cc2cccc(F)c2)c(OC)cc1N. The third kappa shape index (κ3) is 5.87. The van der Waals surface area contributed by atoms with Crippen molar-refractivity contribution in [2.24, 2.45) is 0 Å². The van der Waals surface area contributed by atoms with E-state index in [1.807, 2.05) is 0 Å². The van der Waals surface area contributed by atoms with Gasteiger partial charge in [-0.05, 0) is 24.1 Å². The van der Waals surface area contributed by atoms with E-state index < -0.39 is 5.97 Å². The fraction of sp³-hybridized carbons (Fsp3) is 0.300. The van der Waals surface area contributed by atoms with Crippen molar-refractivity contribution in [3.63, 3.8) is 0 Å². The fourth-order valence-electron chi connectivity index (χ4n) is 2.51. The molecule has 2 aromatic carbocycles. The van der Waals surface area contributed by atoms with Gasteiger partial charge < -0.3 is 25.3 Å². The number of ether oxygens (including phenoxy) is 3. The molecule has 7 nitrogen and oxygen atoms in total. The summed E-state index contributed by atoms with van der Waals surface area (Å²) >= 11 is 0. The van der Waals surface area contributed by atoms with Crippen LogP contribution in [0.4, 0.5) is 10.1 Å². The van der Waals surface area contributed by atoms with Gasteiger partial charge in [-0.2, -0.15) is 0 Å². The van der Waals surface area contributed by atoms with Gasteiger partial charge in [0.2, 0.25) is 5.91 Å². The maximum absolute atomic E-state index is 13.1. The van der Waals surface area contributed by atoms with Crippen LogP contribution in [0.3, 0.4) is 0 Å². The minimum absolute atomic E-state index is 0.104. The van der Waals surface area contributed by atoms with Crippen molar-refractivity contribution in [1.29, 1.82) is 0 Å². The number of benzene rings is 2. The lowest BCUT2D eigenvalue weighted by molar-refractivity contribution is -0.120. The predicted octanol–water partition coefficient (Wildman–Crippen LogP) is 2.33. The lowest BCUT2D eigenvalue weighted by atomic mass is 10.1. The van der Waals surface area contributed by atoms with Gasteiger partial charge in [0.05, 0.1) is 38.5 Å². The molecule has 0 saturated carbocycles. The van der Waals surface area contributed by atoms with E-state index in [2.05, 4.69) is 10.1 Å². The smallest absolute Gasteiger partial charge is 0.340 e. The van der Waals surface area contributed by atoms with Crippen molar-refractivity contribution in [2.75, 3.05) is 33.1 Å². The highest BCUT2D eigenvalue weighted by molar-refractivity contribution is 5.96. The van der Waals surface area contributed by atoms with Gasteiger partial charge in [-0.15, -0.1) is 0 Å². The van der Waals surface area contributed by atoms with E-state index in [0.717, 1.165) is 0 Å². The number of hydrogen-bond donors (Lipinski definition) is 2. The molecule has 0 aliphatic carbocycles. The molecule has 3 N–H and O–H groups in total. The van der Waals surface area contributed by atoms with Gasteiger partial charge in [0, 0.05) is 18.7 Å². The number of rotatable bonds is 9. The first-order chi connectivity index (χ1) is 13.4. The summed E-state index contributed by atoms with van der Waals surface area (Å²) < 4.78 is 28.7. The zero-order valence-electron chi connectivity index (χ0n) is 15.8. The number of carbonyl (C=O) groups is 2. The lowest BCUT2D eigenvalue weighted by Crippen LogP contribution is -2.27. The minimum Gasteiger partial charge on any atom is -0.493 e. The van der Waals surface area contributed by atoms with Crippen LogP contribution in [0.2, 0.25) is 0 Å². The number of carbonyl (C=O) groups excluding carboxylic acids is 2. The molecular weight excluding hydrogens is 367 g/mol. The Labute approximate surface area is 162 Å². The summed E-state index contributed by atoms with van der Waals surface area (Å²) in [6, 6.07) is 8.86. The molecule has 0 radical (unpaired) electrons. The summed E-state index contributed by atoms with van der Waals surface area (Å²) in [4.78, 5) is 23.6. The number of anilines is 1. The number of amides is 1. The van der Waals surface area contributed by atoms with E-state index in [1.54, 1.807) is 12.1 Å². The summed E-state index contributed by atoms with van der Waals surface area (Å²) in [6.45, 7) is 0.663. The number of halogens is 1. The molecule has 150 valence electrons. The van der Waals surface area contributed by atoms with E-state index in [0.29, 0.717) is 30.0 Å². The van der Waals surface area contributed by atoms with Gasteiger partial charge in [-0.25, -0.2) is 9.18 Å². The van der Waals surface area contributed by atoms with Gasteiger partial charge in [0.25, 0.3) is 0 Å². The number of nitrogens with two attached hydrogens (primary N) is 1. The van der Waals surface area contributed by atoms with E-state index in [4.69, 9.17) is 15.2 Å². The van der Waals surface area contributed by atoms with Gasteiger partial charge in [0.15, 0.2) is 11.5 Å². The highest BCUT2D eigenvalue weighted by Crippen LogP contribution is 2.32. The quantitative estimate of drug-likeness (QED) is 0.387. The van der Waals surface area contributed by atoms with Gasteiger partial charge >= 0.3 is 5.97 Å². The van der Waals surface area contributed by atoms with Crippen molar-refractivity contribution in [3.05, 3.63) is 53.3 Å². The predicted molar refractivity (Wildman–Crippen MR) is 102 cm³/mol. The van der Waals surface area contributed by atoms with E-state index in [1.165, 1.54) is 38.5 Å². The maximum Gasteiger partial charge on any atom is 0.340 e. The molecule has 2 aromatic rings. The molecule has 1 amide bonds. The van der Waals surface area contributed by atoms with E-state index >= 15 is 0 Å². The monoisotopic (exact) mass is 390 g/mol. The lowest BCUT2D eigenvalue weighted by Gasteiger charge is -2.14. The van der Waals surface area contributed by atoms with Crippen molar-refractivity contribution < 1.29 is 28.2 Å². The molecule has 0 saturated heterocycles. The molecule has 0 spiro atoms. The minimum atomic E-state index is -0.574. The summed E-state index contributed by atoms with van der Waals surface area (Å²) in [5.41, 5.74) is 6.83. The van der Waals surface area contributed by atoms with Crippen molar-refractivity contribution in [2.45, 2.75) is 12.8 Å². The Kier molecular flexibility index (Phi) is 7.62. The van der Waals surface area contributed by atoms with Crippen LogP contribution in [0.1, 0.15) is 22.3 Å². The van der Waals surface area contributed by atoms with Crippen LogP contribution in [0.5, 0.6) is 11.5 Å². The number of methoxy groups -OCH3 is 2. The highest BCUT2D eigenvalue weighted by Gasteiger charge is 2.16. The molecule has 0 aliphatic rings. The Morgan fingerprint density at radius 1 is 1.14 bits per heavy atom. The Balaban J connectivity index is 1.82. The molecule has 0 fully saturated rings. The normalized spacial score (nSPS) is 10.2. The van der Waals surface area contributed by atoms with Crippen LogP contribution >= 0.6 is 0 Å². The van der Waals surface area contributed by atoms with Gasteiger partial charge in [-0.1, -0.05) is 12.1 Å². The van der Waals surface area contributed by atoms with Gasteiger partial charge in [-0.3, -0.25) is 4.79 Å². The van der Waals surface area contributed by atoms with Gasteiger partial charge in [0.1, 0.15) is 5.82 Å². The first-order valence-corrected chi connectivity index (χ1v) is 8.64. The molecule has 0 heterocycles.